The molecule has 0 fully saturated rings. The second-order valence-corrected chi connectivity index (χ2v) is 5.08. The zero-order valence-corrected chi connectivity index (χ0v) is 10.3. The second kappa shape index (κ2) is 5.05. The van der Waals surface area contributed by atoms with Crippen LogP contribution in [0, 0.1) is 11.7 Å². The van der Waals surface area contributed by atoms with E-state index in [0.717, 1.165) is 30.6 Å². The number of hydrogen-bond acceptors (Lipinski definition) is 2. The van der Waals surface area contributed by atoms with Gasteiger partial charge in [-0.3, -0.25) is 0 Å². The highest BCUT2D eigenvalue weighted by molar-refractivity contribution is 5.37. The summed E-state index contributed by atoms with van der Waals surface area (Å²) in [5.41, 5.74) is 0.939. The van der Waals surface area contributed by atoms with Crippen molar-refractivity contribution in [2.24, 2.45) is 5.92 Å². The molecule has 17 heavy (non-hydrogen) atoms. The van der Waals surface area contributed by atoms with Gasteiger partial charge in [0.05, 0.1) is 6.10 Å². The monoisotopic (exact) mass is 238 g/mol. The summed E-state index contributed by atoms with van der Waals surface area (Å²) in [4.78, 5) is 0. The molecule has 2 rings (SSSR count). The summed E-state index contributed by atoms with van der Waals surface area (Å²) in [5.74, 6) is 0.849. The first-order valence-electron chi connectivity index (χ1n) is 6.19. The molecule has 0 amide bonds. The normalized spacial score (nSPS) is 20.2. The Kier molecular flexibility index (Phi) is 3.67. The lowest BCUT2D eigenvalue weighted by Gasteiger charge is -2.16. The van der Waals surface area contributed by atoms with Crippen molar-refractivity contribution in [3.05, 3.63) is 29.6 Å². The molecule has 0 aromatic heterocycles. The lowest BCUT2D eigenvalue weighted by Crippen LogP contribution is -2.20. The van der Waals surface area contributed by atoms with Gasteiger partial charge in [0.1, 0.15) is 17.7 Å². The van der Waals surface area contributed by atoms with Gasteiger partial charge >= 0.3 is 0 Å². The molecule has 1 heterocycles. The third-order valence-corrected chi connectivity index (χ3v) is 3.32. The maximum atomic E-state index is 13.0. The molecule has 2 nitrogen and oxygen atoms in total. The fourth-order valence-corrected chi connectivity index (χ4v) is 2.14. The number of hydrogen-bond donors (Lipinski definition) is 1. The minimum atomic E-state index is -0.279. The van der Waals surface area contributed by atoms with Crippen molar-refractivity contribution in [3.63, 3.8) is 0 Å². The van der Waals surface area contributed by atoms with Gasteiger partial charge in [-0.15, -0.1) is 0 Å². The quantitative estimate of drug-likeness (QED) is 0.874. The maximum Gasteiger partial charge on any atom is 0.123 e. The van der Waals surface area contributed by atoms with Gasteiger partial charge in [-0.25, -0.2) is 4.39 Å². The third-order valence-electron chi connectivity index (χ3n) is 3.32. The highest BCUT2D eigenvalue weighted by Crippen LogP contribution is 2.31. The van der Waals surface area contributed by atoms with E-state index < -0.39 is 0 Å². The topological polar surface area (TPSA) is 29.5 Å². The van der Waals surface area contributed by atoms with Crippen molar-refractivity contribution >= 4 is 0 Å². The van der Waals surface area contributed by atoms with Crippen LogP contribution in [-0.4, -0.2) is 17.3 Å². The smallest absolute Gasteiger partial charge is 0.123 e. The van der Waals surface area contributed by atoms with Crippen molar-refractivity contribution in [1.82, 2.24) is 0 Å². The minimum absolute atomic E-state index is 0.0835. The maximum absolute atomic E-state index is 13.0. The number of aliphatic hydroxyl groups is 1. The molecule has 2 unspecified atom stereocenters. The van der Waals surface area contributed by atoms with E-state index in [0.29, 0.717) is 0 Å². The summed E-state index contributed by atoms with van der Waals surface area (Å²) in [7, 11) is 0. The number of rotatable bonds is 4. The van der Waals surface area contributed by atoms with Crippen LogP contribution in [0.1, 0.15) is 32.3 Å². The molecule has 0 radical (unpaired) electrons. The second-order valence-electron chi connectivity index (χ2n) is 5.08. The first kappa shape index (κ1) is 12.4. The number of benzene rings is 1. The van der Waals surface area contributed by atoms with Gasteiger partial charge < -0.3 is 9.84 Å². The fraction of sp³-hybridized carbons (Fsp3) is 0.571. The number of fused-ring (bicyclic) bond motifs is 1. The zero-order valence-electron chi connectivity index (χ0n) is 10.3. The molecule has 1 N–H and O–H groups in total. The molecule has 2 atom stereocenters. The van der Waals surface area contributed by atoms with E-state index in [1.807, 2.05) is 13.8 Å². The average molecular weight is 238 g/mol. The van der Waals surface area contributed by atoms with Crippen LogP contribution in [-0.2, 0) is 6.42 Å². The molecule has 0 bridgehead atoms. The van der Waals surface area contributed by atoms with Gasteiger partial charge in [-0.05, 0) is 37.0 Å². The first-order chi connectivity index (χ1) is 8.06. The molecule has 94 valence electrons. The Labute approximate surface area is 101 Å². The molecule has 1 aliphatic rings. The van der Waals surface area contributed by atoms with Crippen LogP contribution in [0.5, 0.6) is 5.75 Å². The lowest BCUT2D eigenvalue weighted by atomic mass is 9.99. The summed E-state index contributed by atoms with van der Waals surface area (Å²) in [5, 5.41) is 9.73. The molecule has 0 saturated heterocycles. The fourth-order valence-electron chi connectivity index (χ4n) is 2.14. The summed E-state index contributed by atoms with van der Waals surface area (Å²) in [6.07, 6.45) is 2.10. The van der Waals surface area contributed by atoms with Crippen LogP contribution >= 0.6 is 0 Å². The minimum Gasteiger partial charge on any atom is -0.490 e. The molecular weight excluding hydrogens is 219 g/mol. The Balaban J connectivity index is 1.88. The molecule has 0 saturated carbocycles. The lowest BCUT2D eigenvalue weighted by molar-refractivity contribution is 0.0970. The number of ether oxygens (including phenoxy) is 1. The first-order valence-corrected chi connectivity index (χ1v) is 6.19. The molecule has 0 aliphatic carbocycles. The van der Waals surface area contributed by atoms with Crippen LogP contribution in [0.4, 0.5) is 4.39 Å². The van der Waals surface area contributed by atoms with Crippen molar-refractivity contribution in [3.8, 4) is 5.75 Å². The standard InChI is InChI=1S/C14H19FO2/c1-9(2)13(16)5-4-12-8-10-7-11(15)3-6-14(10)17-12/h3,6-7,9,12-13,16H,4-5,8H2,1-2H3. The largest absolute Gasteiger partial charge is 0.490 e. The predicted octanol–water partition coefficient (Wildman–Crippen LogP) is 2.93. The molecule has 3 heteroatoms. The van der Waals surface area contributed by atoms with E-state index in [2.05, 4.69) is 0 Å². The number of halogens is 1. The van der Waals surface area contributed by atoms with Gasteiger partial charge in [0.25, 0.3) is 0 Å². The van der Waals surface area contributed by atoms with Crippen LogP contribution in [0.15, 0.2) is 18.2 Å². The van der Waals surface area contributed by atoms with Gasteiger partial charge in [0.2, 0.25) is 0 Å². The van der Waals surface area contributed by atoms with Crippen LogP contribution in [0.2, 0.25) is 0 Å². The molecule has 1 aromatic rings. The van der Waals surface area contributed by atoms with E-state index in [-0.39, 0.29) is 23.9 Å². The molecule has 1 aromatic carbocycles. The van der Waals surface area contributed by atoms with Crippen LogP contribution in [0.25, 0.3) is 0 Å². The van der Waals surface area contributed by atoms with Gasteiger partial charge in [0, 0.05) is 12.0 Å². The van der Waals surface area contributed by atoms with Crippen molar-refractivity contribution < 1.29 is 14.2 Å². The predicted molar refractivity (Wildman–Crippen MR) is 64.6 cm³/mol. The van der Waals surface area contributed by atoms with Crippen LogP contribution < -0.4 is 4.74 Å². The zero-order chi connectivity index (χ0) is 12.4. The van der Waals surface area contributed by atoms with Crippen molar-refractivity contribution in [2.75, 3.05) is 0 Å². The Hall–Kier alpha value is -1.09. The van der Waals surface area contributed by atoms with E-state index >= 15 is 0 Å². The van der Waals surface area contributed by atoms with Crippen LogP contribution in [0.3, 0.4) is 0 Å². The van der Waals surface area contributed by atoms with Gasteiger partial charge in [-0.2, -0.15) is 0 Å². The molecular formula is C14H19FO2. The van der Waals surface area contributed by atoms with E-state index in [1.54, 1.807) is 6.07 Å². The summed E-state index contributed by atoms with van der Waals surface area (Å²) in [6, 6.07) is 4.64. The highest BCUT2D eigenvalue weighted by Gasteiger charge is 2.24. The van der Waals surface area contributed by atoms with E-state index in [9.17, 15) is 9.50 Å². The highest BCUT2D eigenvalue weighted by atomic mass is 19.1. The van der Waals surface area contributed by atoms with Gasteiger partial charge in [-0.1, -0.05) is 13.8 Å². The number of aliphatic hydroxyl groups excluding tert-OH is 1. The Bertz CT molecular complexity index is 390. The Morgan fingerprint density at radius 1 is 1.47 bits per heavy atom. The summed E-state index contributed by atoms with van der Waals surface area (Å²) < 4.78 is 18.7. The third kappa shape index (κ3) is 2.97. The van der Waals surface area contributed by atoms with E-state index in [1.165, 1.54) is 12.1 Å². The Morgan fingerprint density at radius 2 is 2.24 bits per heavy atom. The van der Waals surface area contributed by atoms with E-state index in [4.69, 9.17) is 4.74 Å². The van der Waals surface area contributed by atoms with Gasteiger partial charge in [0.15, 0.2) is 0 Å². The average Bonchev–Trinajstić information content (AvgIpc) is 2.67. The summed E-state index contributed by atoms with van der Waals surface area (Å²) >= 11 is 0. The van der Waals surface area contributed by atoms with Crippen molar-refractivity contribution in [1.29, 1.82) is 0 Å². The van der Waals surface area contributed by atoms with Crippen molar-refractivity contribution in [2.45, 2.75) is 45.3 Å². The summed E-state index contributed by atoms with van der Waals surface area (Å²) in [6.45, 7) is 4.01. The SMILES string of the molecule is CC(C)C(O)CCC1Cc2cc(F)ccc2O1. The molecule has 0 spiro atoms. The Morgan fingerprint density at radius 3 is 2.94 bits per heavy atom. The molecule has 1 aliphatic heterocycles.